The van der Waals surface area contributed by atoms with Gasteiger partial charge in [-0.05, 0) is 29.9 Å². The predicted molar refractivity (Wildman–Crippen MR) is 73.0 cm³/mol. The van der Waals surface area contributed by atoms with Crippen molar-refractivity contribution in [2.45, 2.75) is 19.8 Å². The molecular formula is C12H16N2O2S. The van der Waals surface area contributed by atoms with E-state index in [1.165, 1.54) is 17.3 Å². The quantitative estimate of drug-likeness (QED) is 0.357. The van der Waals surface area contributed by atoms with Crippen LogP contribution in [0.25, 0.3) is 0 Å². The van der Waals surface area contributed by atoms with E-state index in [2.05, 4.69) is 18.8 Å². The molecule has 0 atom stereocenters. The second-order valence-corrected chi connectivity index (χ2v) is 4.83. The lowest BCUT2D eigenvalue weighted by molar-refractivity contribution is -0.462. The molecule has 0 amide bonds. The Balaban J connectivity index is 2.85. The third kappa shape index (κ3) is 4.56. The number of aliphatic imine (C=N–C) groups is 1. The van der Waals surface area contributed by atoms with Crippen molar-refractivity contribution in [1.82, 2.24) is 0 Å². The summed E-state index contributed by atoms with van der Waals surface area (Å²) >= 11 is 1.31. The van der Waals surface area contributed by atoms with Gasteiger partial charge in [0.25, 0.3) is 6.54 Å². The predicted octanol–water partition coefficient (Wildman–Crippen LogP) is 3.48. The standard InChI is InChI=1S/C12H16N2O2S/c1-9(2)10-4-6-11(7-5-10)13-12(17-3)8-14(15)16/h4-7,9H,8H2,1-3H3. The fourth-order valence-corrected chi connectivity index (χ4v) is 1.76. The molecule has 0 fully saturated rings. The molecule has 0 aromatic heterocycles. The average Bonchev–Trinajstić information content (AvgIpc) is 2.28. The van der Waals surface area contributed by atoms with E-state index in [0.29, 0.717) is 11.0 Å². The van der Waals surface area contributed by atoms with E-state index in [0.717, 1.165) is 5.69 Å². The zero-order valence-electron chi connectivity index (χ0n) is 10.2. The molecule has 0 spiro atoms. The summed E-state index contributed by atoms with van der Waals surface area (Å²) < 4.78 is 0. The fraction of sp³-hybridized carbons (Fsp3) is 0.417. The summed E-state index contributed by atoms with van der Waals surface area (Å²) in [6.45, 7) is 4.03. The van der Waals surface area contributed by atoms with Crippen molar-refractivity contribution in [3.05, 3.63) is 39.9 Å². The molecule has 0 aliphatic rings. The Bertz CT molecular complexity index is 413. The highest BCUT2D eigenvalue weighted by atomic mass is 32.2. The molecule has 0 heterocycles. The average molecular weight is 252 g/mol. The van der Waals surface area contributed by atoms with Gasteiger partial charge in [-0.25, -0.2) is 4.99 Å². The third-order valence-electron chi connectivity index (χ3n) is 2.31. The number of thioether (sulfide) groups is 1. The molecule has 0 bridgehead atoms. The van der Waals surface area contributed by atoms with Crippen molar-refractivity contribution in [2.75, 3.05) is 12.8 Å². The molecule has 5 heteroatoms. The van der Waals surface area contributed by atoms with E-state index in [9.17, 15) is 10.1 Å². The molecular weight excluding hydrogens is 236 g/mol. The Labute approximate surface area is 105 Å². The molecule has 0 saturated carbocycles. The molecule has 0 aliphatic heterocycles. The highest BCUT2D eigenvalue weighted by molar-refractivity contribution is 8.13. The summed E-state index contributed by atoms with van der Waals surface area (Å²) in [6.07, 6.45) is 1.80. The minimum absolute atomic E-state index is 0.215. The molecule has 0 aliphatic carbocycles. The lowest BCUT2D eigenvalue weighted by Gasteiger charge is -2.05. The van der Waals surface area contributed by atoms with Crippen LogP contribution in [-0.4, -0.2) is 22.8 Å². The van der Waals surface area contributed by atoms with Crippen LogP contribution in [0.15, 0.2) is 29.3 Å². The number of rotatable bonds is 4. The summed E-state index contributed by atoms with van der Waals surface area (Å²) in [4.78, 5) is 14.3. The van der Waals surface area contributed by atoms with Crippen LogP contribution in [0.5, 0.6) is 0 Å². The molecule has 0 N–H and O–H groups in total. The Morgan fingerprint density at radius 1 is 1.41 bits per heavy atom. The van der Waals surface area contributed by atoms with Gasteiger partial charge in [0.2, 0.25) is 0 Å². The van der Waals surface area contributed by atoms with E-state index in [1.807, 2.05) is 24.3 Å². The summed E-state index contributed by atoms with van der Waals surface area (Å²) in [5.41, 5.74) is 2.00. The van der Waals surface area contributed by atoms with Gasteiger partial charge in [-0.3, -0.25) is 10.1 Å². The number of benzene rings is 1. The van der Waals surface area contributed by atoms with Crippen LogP contribution in [0.2, 0.25) is 0 Å². The van der Waals surface area contributed by atoms with Crippen molar-refractivity contribution in [3.63, 3.8) is 0 Å². The lowest BCUT2D eigenvalue weighted by atomic mass is 10.0. The monoisotopic (exact) mass is 252 g/mol. The van der Waals surface area contributed by atoms with Gasteiger partial charge in [0.05, 0.1) is 5.69 Å². The first-order valence-corrected chi connectivity index (χ1v) is 6.58. The summed E-state index contributed by atoms with van der Waals surface area (Å²) in [7, 11) is 0. The van der Waals surface area contributed by atoms with Crippen molar-refractivity contribution >= 4 is 22.5 Å². The Morgan fingerprint density at radius 3 is 2.41 bits per heavy atom. The zero-order valence-corrected chi connectivity index (χ0v) is 11.0. The van der Waals surface area contributed by atoms with E-state index in [4.69, 9.17) is 0 Å². The number of nitrogens with zero attached hydrogens (tertiary/aromatic N) is 2. The third-order valence-corrected chi connectivity index (χ3v) is 3.01. The second kappa shape index (κ2) is 6.39. The fourth-order valence-electron chi connectivity index (χ4n) is 1.33. The largest absolute Gasteiger partial charge is 0.264 e. The van der Waals surface area contributed by atoms with E-state index >= 15 is 0 Å². The highest BCUT2D eigenvalue weighted by Gasteiger charge is 2.06. The van der Waals surface area contributed by atoms with Crippen LogP contribution >= 0.6 is 11.8 Å². The zero-order chi connectivity index (χ0) is 12.8. The first-order chi connectivity index (χ1) is 8.02. The Kier molecular flexibility index (Phi) is 5.15. The van der Waals surface area contributed by atoms with Crippen LogP contribution in [0.3, 0.4) is 0 Å². The molecule has 1 aromatic rings. The number of hydrogen-bond donors (Lipinski definition) is 0. The smallest absolute Gasteiger partial charge is 0.251 e. The molecule has 0 unspecified atom stereocenters. The first kappa shape index (κ1) is 13.7. The lowest BCUT2D eigenvalue weighted by Crippen LogP contribution is -2.09. The summed E-state index contributed by atoms with van der Waals surface area (Å²) in [5.74, 6) is 0.479. The van der Waals surface area contributed by atoms with Crippen molar-refractivity contribution < 1.29 is 4.92 Å². The molecule has 1 aromatic carbocycles. The molecule has 0 saturated heterocycles. The van der Waals surface area contributed by atoms with Crippen LogP contribution < -0.4 is 0 Å². The number of hydrogen-bond acceptors (Lipinski definition) is 4. The van der Waals surface area contributed by atoms with Gasteiger partial charge < -0.3 is 0 Å². The second-order valence-electron chi connectivity index (χ2n) is 3.95. The maximum Gasteiger partial charge on any atom is 0.251 e. The Morgan fingerprint density at radius 2 is 2.00 bits per heavy atom. The minimum atomic E-state index is -0.363. The maximum atomic E-state index is 10.4. The van der Waals surface area contributed by atoms with Gasteiger partial charge in [-0.1, -0.05) is 26.0 Å². The summed E-state index contributed by atoms with van der Waals surface area (Å²) in [6, 6.07) is 7.80. The van der Waals surface area contributed by atoms with Crippen LogP contribution in [0.4, 0.5) is 5.69 Å². The molecule has 1 rings (SSSR count). The van der Waals surface area contributed by atoms with Gasteiger partial charge >= 0.3 is 0 Å². The van der Waals surface area contributed by atoms with Gasteiger partial charge in [0, 0.05) is 4.92 Å². The van der Waals surface area contributed by atoms with Crippen LogP contribution in [-0.2, 0) is 0 Å². The van der Waals surface area contributed by atoms with Crippen molar-refractivity contribution in [2.24, 2.45) is 4.99 Å². The van der Waals surface area contributed by atoms with E-state index in [1.54, 1.807) is 6.26 Å². The van der Waals surface area contributed by atoms with Gasteiger partial charge in [-0.15, -0.1) is 11.8 Å². The minimum Gasteiger partial charge on any atom is -0.264 e. The molecule has 4 nitrogen and oxygen atoms in total. The first-order valence-electron chi connectivity index (χ1n) is 5.36. The molecule has 92 valence electrons. The topological polar surface area (TPSA) is 55.5 Å². The molecule has 0 radical (unpaired) electrons. The Hall–Kier alpha value is -1.36. The maximum absolute atomic E-state index is 10.4. The van der Waals surface area contributed by atoms with Crippen molar-refractivity contribution in [1.29, 1.82) is 0 Å². The van der Waals surface area contributed by atoms with E-state index in [-0.39, 0.29) is 11.5 Å². The van der Waals surface area contributed by atoms with E-state index < -0.39 is 0 Å². The van der Waals surface area contributed by atoms with Gasteiger partial charge in [0.1, 0.15) is 5.04 Å². The van der Waals surface area contributed by atoms with Crippen molar-refractivity contribution in [3.8, 4) is 0 Å². The molecule has 17 heavy (non-hydrogen) atoms. The van der Waals surface area contributed by atoms with Gasteiger partial charge in [0.15, 0.2) is 0 Å². The SMILES string of the molecule is CSC(C[N+](=O)[O-])=Nc1ccc(C(C)C)cc1. The van der Waals surface area contributed by atoms with Crippen LogP contribution in [0, 0.1) is 10.1 Å². The van der Waals surface area contributed by atoms with Gasteiger partial charge in [-0.2, -0.15) is 0 Å². The number of nitro groups is 1. The van der Waals surface area contributed by atoms with Crippen LogP contribution in [0.1, 0.15) is 25.3 Å². The summed E-state index contributed by atoms with van der Waals surface area (Å²) in [5, 5.41) is 10.9. The highest BCUT2D eigenvalue weighted by Crippen LogP contribution is 2.20. The normalized spacial score (nSPS) is 11.9.